The van der Waals surface area contributed by atoms with Crippen LogP contribution in [0.5, 0.6) is 0 Å². The molecule has 0 fully saturated rings. The van der Waals surface area contributed by atoms with Gasteiger partial charge in [0.05, 0.1) is 0 Å². The summed E-state index contributed by atoms with van der Waals surface area (Å²) in [5.74, 6) is -1.15. The highest BCUT2D eigenvalue weighted by atomic mass is 16.2. The molecule has 0 spiro atoms. The summed E-state index contributed by atoms with van der Waals surface area (Å²) in [7, 11) is 1.63. The number of pyridine rings is 1. The van der Waals surface area contributed by atoms with Crippen molar-refractivity contribution in [1.29, 1.82) is 0 Å². The van der Waals surface area contributed by atoms with E-state index in [0.29, 0.717) is 18.7 Å². The van der Waals surface area contributed by atoms with Crippen LogP contribution in [0, 0.1) is 13.8 Å². The molecule has 1 aromatic carbocycles. The van der Waals surface area contributed by atoms with Crippen LogP contribution in [0.1, 0.15) is 16.7 Å². The standard InChI is InChI=1S/C18H21N3O2/c1-13-5-4-6-14(2)16(13)20-17(22)18(23)21(3)12-9-15-7-10-19-11-8-15/h4-8,10-11H,9,12H2,1-3H3,(H,20,22). The van der Waals surface area contributed by atoms with Crippen molar-refractivity contribution in [2.45, 2.75) is 20.3 Å². The summed E-state index contributed by atoms with van der Waals surface area (Å²) in [6.07, 6.45) is 4.11. The Morgan fingerprint density at radius 1 is 1.09 bits per heavy atom. The Labute approximate surface area is 136 Å². The third-order valence-electron chi connectivity index (χ3n) is 3.75. The Bertz CT molecular complexity index is 678. The second kappa shape index (κ2) is 7.54. The van der Waals surface area contributed by atoms with Crippen molar-refractivity contribution in [2.75, 3.05) is 18.9 Å². The van der Waals surface area contributed by atoms with E-state index in [4.69, 9.17) is 0 Å². The number of likely N-dealkylation sites (N-methyl/N-ethyl adjacent to an activating group) is 1. The van der Waals surface area contributed by atoms with E-state index in [-0.39, 0.29) is 0 Å². The van der Waals surface area contributed by atoms with Crippen molar-refractivity contribution in [1.82, 2.24) is 9.88 Å². The molecule has 23 heavy (non-hydrogen) atoms. The van der Waals surface area contributed by atoms with Crippen LogP contribution in [0.25, 0.3) is 0 Å². The van der Waals surface area contributed by atoms with Crippen molar-refractivity contribution >= 4 is 17.5 Å². The Hall–Kier alpha value is -2.69. The predicted octanol–water partition coefficient (Wildman–Crippen LogP) is 2.34. The summed E-state index contributed by atoms with van der Waals surface area (Å²) >= 11 is 0. The number of rotatable bonds is 4. The minimum atomic E-state index is -0.611. The first-order valence-corrected chi connectivity index (χ1v) is 7.50. The first-order chi connectivity index (χ1) is 11.0. The highest BCUT2D eigenvalue weighted by Crippen LogP contribution is 2.19. The van der Waals surface area contributed by atoms with Crippen LogP contribution in [0.3, 0.4) is 0 Å². The third kappa shape index (κ3) is 4.39. The first kappa shape index (κ1) is 16.7. The van der Waals surface area contributed by atoms with Crippen molar-refractivity contribution in [3.8, 4) is 0 Å². The summed E-state index contributed by atoms with van der Waals surface area (Å²) in [6, 6.07) is 9.52. The monoisotopic (exact) mass is 311 g/mol. The lowest BCUT2D eigenvalue weighted by molar-refractivity contribution is -0.142. The van der Waals surface area contributed by atoms with Gasteiger partial charge in [-0.1, -0.05) is 18.2 Å². The number of nitrogens with one attached hydrogen (secondary N) is 1. The second-order valence-corrected chi connectivity index (χ2v) is 5.55. The number of hydrogen-bond donors (Lipinski definition) is 1. The molecule has 1 N–H and O–H groups in total. The van der Waals surface area contributed by atoms with E-state index < -0.39 is 11.8 Å². The Balaban J connectivity index is 1.95. The number of para-hydroxylation sites is 1. The number of benzene rings is 1. The summed E-state index contributed by atoms with van der Waals surface area (Å²) < 4.78 is 0. The van der Waals surface area contributed by atoms with Crippen molar-refractivity contribution < 1.29 is 9.59 Å². The van der Waals surface area contributed by atoms with Gasteiger partial charge in [-0.2, -0.15) is 0 Å². The van der Waals surface area contributed by atoms with E-state index >= 15 is 0 Å². The number of carbonyl (C=O) groups excluding carboxylic acids is 2. The lowest BCUT2D eigenvalue weighted by Crippen LogP contribution is -2.38. The molecule has 0 radical (unpaired) electrons. The second-order valence-electron chi connectivity index (χ2n) is 5.55. The van der Waals surface area contributed by atoms with Crippen LogP contribution >= 0.6 is 0 Å². The molecular weight excluding hydrogens is 290 g/mol. The van der Waals surface area contributed by atoms with E-state index in [1.54, 1.807) is 19.4 Å². The maximum atomic E-state index is 12.2. The van der Waals surface area contributed by atoms with Gasteiger partial charge in [-0.05, 0) is 49.1 Å². The molecule has 0 aliphatic heterocycles. The Morgan fingerprint density at radius 3 is 2.30 bits per heavy atom. The maximum Gasteiger partial charge on any atom is 0.313 e. The van der Waals surface area contributed by atoms with Gasteiger partial charge in [-0.25, -0.2) is 0 Å². The smallest absolute Gasteiger partial charge is 0.313 e. The zero-order valence-corrected chi connectivity index (χ0v) is 13.7. The highest BCUT2D eigenvalue weighted by molar-refractivity contribution is 6.39. The molecular formula is C18H21N3O2. The molecule has 2 rings (SSSR count). The van der Waals surface area contributed by atoms with Crippen LogP contribution in [0.2, 0.25) is 0 Å². The topological polar surface area (TPSA) is 62.3 Å². The summed E-state index contributed by atoms with van der Waals surface area (Å²) in [6.45, 7) is 4.28. The fraction of sp³-hybridized carbons (Fsp3) is 0.278. The molecule has 2 aromatic rings. The molecule has 120 valence electrons. The maximum absolute atomic E-state index is 12.2. The molecule has 0 aliphatic carbocycles. The predicted molar refractivity (Wildman–Crippen MR) is 90.1 cm³/mol. The number of amides is 2. The summed E-state index contributed by atoms with van der Waals surface area (Å²) in [4.78, 5) is 29.7. The average molecular weight is 311 g/mol. The van der Waals surface area contributed by atoms with Crippen molar-refractivity contribution in [2.24, 2.45) is 0 Å². The van der Waals surface area contributed by atoms with Crippen LogP contribution in [0.4, 0.5) is 5.69 Å². The quantitative estimate of drug-likeness (QED) is 0.882. The van der Waals surface area contributed by atoms with Crippen LogP contribution < -0.4 is 5.32 Å². The fourth-order valence-electron chi connectivity index (χ4n) is 2.30. The minimum Gasteiger partial charge on any atom is -0.337 e. The number of anilines is 1. The van der Waals surface area contributed by atoms with E-state index in [9.17, 15) is 9.59 Å². The van der Waals surface area contributed by atoms with E-state index in [1.807, 2.05) is 44.2 Å². The average Bonchev–Trinajstić information content (AvgIpc) is 2.56. The van der Waals surface area contributed by atoms with Crippen molar-refractivity contribution in [3.63, 3.8) is 0 Å². The number of carbonyl (C=O) groups is 2. The SMILES string of the molecule is Cc1cccc(C)c1NC(=O)C(=O)N(C)CCc1ccncc1. The summed E-state index contributed by atoms with van der Waals surface area (Å²) in [5, 5.41) is 2.72. The lowest BCUT2D eigenvalue weighted by atomic mass is 10.1. The minimum absolute atomic E-state index is 0.475. The molecule has 0 saturated carbocycles. The van der Waals surface area contributed by atoms with Gasteiger partial charge in [0.2, 0.25) is 0 Å². The van der Waals surface area contributed by atoms with Gasteiger partial charge in [0, 0.05) is 31.7 Å². The molecule has 1 heterocycles. The molecule has 2 amide bonds. The number of nitrogens with zero attached hydrogens (tertiary/aromatic N) is 2. The summed E-state index contributed by atoms with van der Waals surface area (Å²) in [5.41, 5.74) is 3.65. The van der Waals surface area contributed by atoms with Crippen LogP contribution in [-0.4, -0.2) is 35.3 Å². The van der Waals surface area contributed by atoms with E-state index in [2.05, 4.69) is 10.3 Å². The van der Waals surface area contributed by atoms with Gasteiger partial charge >= 0.3 is 11.8 Å². The van der Waals surface area contributed by atoms with Crippen LogP contribution in [0.15, 0.2) is 42.7 Å². The molecule has 0 atom stereocenters. The zero-order chi connectivity index (χ0) is 16.8. The van der Waals surface area contributed by atoms with Gasteiger partial charge in [-0.3, -0.25) is 14.6 Å². The highest BCUT2D eigenvalue weighted by Gasteiger charge is 2.19. The number of aryl methyl sites for hydroxylation is 2. The van der Waals surface area contributed by atoms with Gasteiger partial charge < -0.3 is 10.2 Å². The van der Waals surface area contributed by atoms with Crippen LogP contribution in [-0.2, 0) is 16.0 Å². The third-order valence-corrected chi connectivity index (χ3v) is 3.75. The van der Waals surface area contributed by atoms with E-state index in [1.165, 1.54) is 4.90 Å². The fourth-order valence-corrected chi connectivity index (χ4v) is 2.30. The zero-order valence-electron chi connectivity index (χ0n) is 13.7. The first-order valence-electron chi connectivity index (χ1n) is 7.50. The molecule has 0 saturated heterocycles. The Morgan fingerprint density at radius 2 is 1.70 bits per heavy atom. The molecule has 5 nitrogen and oxygen atoms in total. The largest absolute Gasteiger partial charge is 0.337 e. The van der Waals surface area contributed by atoms with Gasteiger partial charge in [0.1, 0.15) is 0 Å². The van der Waals surface area contributed by atoms with Gasteiger partial charge in [0.15, 0.2) is 0 Å². The number of aromatic nitrogens is 1. The molecule has 0 aliphatic rings. The van der Waals surface area contributed by atoms with Gasteiger partial charge in [0.25, 0.3) is 0 Å². The van der Waals surface area contributed by atoms with Crippen molar-refractivity contribution in [3.05, 3.63) is 59.4 Å². The molecule has 5 heteroatoms. The lowest BCUT2D eigenvalue weighted by Gasteiger charge is -2.17. The molecule has 1 aromatic heterocycles. The Kier molecular flexibility index (Phi) is 5.46. The molecule has 0 unspecified atom stereocenters. The normalized spacial score (nSPS) is 10.2. The number of hydrogen-bond acceptors (Lipinski definition) is 3. The van der Waals surface area contributed by atoms with Gasteiger partial charge in [-0.15, -0.1) is 0 Å². The molecule has 0 bridgehead atoms. The van der Waals surface area contributed by atoms with E-state index in [0.717, 1.165) is 16.7 Å².